The predicted octanol–water partition coefficient (Wildman–Crippen LogP) is 4.28. The summed E-state index contributed by atoms with van der Waals surface area (Å²) in [4.78, 5) is 4.56. The van der Waals surface area contributed by atoms with Crippen molar-refractivity contribution in [1.29, 1.82) is 0 Å². The molecule has 3 aromatic rings. The number of hydrogen-bond acceptors (Lipinski definition) is 2. The van der Waals surface area contributed by atoms with Gasteiger partial charge >= 0.3 is 0 Å². The van der Waals surface area contributed by atoms with E-state index in [1.165, 1.54) is 21.3 Å². The zero-order valence-electron chi connectivity index (χ0n) is 9.74. The Morgan fingerprint density at radius 3 is 2.94 bits per heavy atom. The van der Waals surface area contributed by atoms with Gasteiger partial charge in [0.2, 0.25) is 0 Å². The summed E-state index contributed by atoms with van der Waals surface area (Å²) in [5, 5.41) is 6.85. The first kappa shape index (κ1) is 12.0. The maximum atomic E-state index is 3.47. The molecule has 0 atom stereocenters. The summed E-state index contributed by atoms with van der Waals surface area (Å²) in [6.07, 6.45) is 1.98. The highest BCUT2D eigenvalue weighted by Gasteiger charge is 1.99. The summed E-state index contributed by atoms with van der Waals surface area (Å²) in [5.41, 5.74) is 2.51. The molecule has 0 spiro atoms. The van der Waals surface area contributed by atoms with E-state index >= 15 is 0 Å². The number of rotatable bonds is 4. The fourth-order valence-electron chi connectivity index (χ4n) is 1.99. The smallest absolute Gasteiger partial charge is 0.0454 e. The molecule has 0 radical (unpaired) electrons. The summed E-state index contributed by atoms with van der Waals surface area (Å²) >= 11 is 5.25. The van der Waals surface area contributed by atoms with Gasteiger partial charge in [-0.25, -0.2) is 0 Å². The molecule has 2 nitrogen and oxygen atoms in total. The highest BCUT2D eigenvalue weighted by molar-refractivity contribution is 9.10. The Balaban J connectivity index is 1.62. The molecule has 0 aliphatic heterocycles. The fourth-order valence-corrected chi connectivity index (χ4v) is 3.41. The van der Waals surface area contributed by atoms with Crippen LogP contribution in [0, 0.1) is 0 Å². The van der Waals surface area contributed by atoms with Gasteiger partial charge in [0.05, 0.1) is 0 Å². The molecule has 2 N–H and O–H groups in total. The molecule has 0 unspecified atom stereocenters. The minimum atomic E-state index is 0.899. The molecule has 4 heteroatoms. The number of halogens is 1. The van der Waals surface area contributed by atoms with Crippen LogP contribution < -0.4 is 5.32 Å². The lowest BCUT2D eigenvalue weighted by Gasteiger charge is -2.03. The quantitative estimate of drug-likeness (QED) is 0.737. The third-order valence-corrected chi connectivity index (χ3v) is 4.57. The van der Waals surface area contributed by atoms with Crippen molar-refractivity contribution in [2.75, 3.05) is 0 Å². The maximum absolute atomic E-state index is 3.47. The largest absolute Gasteiger partial charge is 0.361 e. The van der Waals surface area contributed by atoms with Crippen molar-refractivity contribution in [3.05, 3.63) is 56.8 Å². The van der Waals surface area contributed by atoms with Gasteiger partial charge in [-0.15, -0.1) is 11.3 Å². The first-order chi connectivity index (χ1) is 8.81. The zero-order valence-corrected chi connectivity index (χ0v) is 12.1. The van der Waals surface area contributed by atoms with E-state index in [0.29, 0.717) is 0 Å². The minimum absolute atomic E-state index is 0.899. The van der Waals surface area contributed by atoms with Crippen molar-refractivity contribution in [3.8, 4) is 0 Å². The standard InChI is InChI=1S/C14H13BrN2S/c15-12-6-13(18-9-12)8-16-7-10-1-2-14-11(5-10)3-4-17-14/h1-6,9,16-17H,7-8H2. The maximum Gasteiger partial charge on any atom is 0.0454 e. The minimum Gasteiger partial charge on any atom is -0.361 e. The van der Waals surface area contributed by atoms with Gasteiger partial charge in [-0.1, -0.05) is 6.07 Å². The lowest BCUT2D eigenvalue weighted by molar-refractivity contribution is 0.701. The van der Waals surface area contributed by atoms with Crippen LogP contribution in [0.25, 0.3) is 10.9 Å². The van der Waals surface area contributed by atoms with Gasteiger partial charge in [-0.3, -0.25) is 0 Å². The Morgan fingerprint density at radius 2 is 2.11 bits per heavy atom. The number of thiophene rings is 1. The van der Waals surface area contributed by atoms with Gasteiger partial charge in [0.15, 0.2) is 0 Å². The summed E-state index contributed by atoms with van der Waals surface area (Å²) in [5.74, 6) is 0. The van der Waals surface area contributed by atoms with Gasteiger partial charge < -0.3 is 10.3 Å². The third kappa shape index (κ3) is 2.66. The molecule has 2 aromatic heterocycles. The van der Waals surface area contributed by atoms with Gasteiger partial charge in [-0.2, -0.15) is 0 Å². The van der Waals surface area contributed by atoms with E-state index < -0.39 is 0 Å². The van der Waals surface area contributed by atoms with Crippen molar-refractivity contribution in [1.82, 2.24) is 10.3 Å². The molecule has 92 valence electrons. The molecule has 0 amide bonds. The second-order valence-electron chi connectivity index (χ2n) is 4.23. The highest BCUT2D eigenvalue weighted by Crippen LogP contribution is 2.19. The molecule has 0 saturated heterocycles. The lowest BCUT2D eigenvalue weighted by Crippen LogP contribution is -2.11. The summed E-state index contributed by atoms with van der Waals surface area (Å²) in [6, 6.07) is 10.8. The second-order valence-corrected chi connectivity index (χ2v) is 6.15. The van der Waals surface area contributed by atoms with Crippen LogP contribution in [0.3, 0.4) is 0 Å². The molecule has 0 saturated carbocycles. The highest BCUT2D eigenvalue weighted by atomic mass is 79.9. The van der Waals surface area contributed by atoms with Gasteiger partial charge in [0, 0.05) is 39.5 Å². The van der Waals surface area contributed by atoms with E-state index in [2.05, 4.69) is 61.9 Å². The number of fused-ring (bicyclic) bond motifs is 1. The molecule has 3 rings (SSSR count). The van der Waals surface area contributed by atoms with E-state index in [9.17, 15) is 0 Å². The molecule has 2 heterocycles. The van der Waals surface area contributed by atoms with Crippen LogP contribution in [-0.4, -0.2) is 4.98 Å². The summed E-state index contributed by atoms with van der Waals surface area (Å²) in [6.45, 7) is 1.82. The van der Waals surface area contributed by atoms with Gasteiger partial charge in [0.1, 0.15) is 0 Å². The topological polar surface area (TPSA) is 27.8 Å². The molecular weight excluding hydrogens is 308 g/mol. The van der Waals surface area contributed by atoms with Crippen LogP contribution in [0.2, 0.25) is 0 Å². The monoisotopic (exact) mass is 320 g/mol. The van der Waals surface area contributed by atoms with Crippen molar-refractivity contribution < 1.29 is 0 Å². The van der Waals surface area contributed by atoms with Crippen LogP contribution in [0.1, 0.15) is 10.4 Å². The van der Waals surface area contributed by atoms with Gasteiger partial charge in [-0.05, 0) is 51.1 Å². The molecule has 0 fully saturated rings. The van der Waals surface area contributed by atoms with Crippen molar-refractivity contribution in [2.45, 2.75) is 13.1 Å². The summed E-state index contributed by atoms with van der Waals surface area (Å²) in [7, 11) is 0. The van der Waals surface area contributed by atoms with E-state index in [1.54, 1.807) is 11.3 Å². The molecule has 1 aromatic carbocycles. The Kier molecular flexibility index (Phi) is 3.50. The molecule has 0 aliphatic carbocycles. The average molecular weight is 321 g/mol. The Hall–Kier alpha value is -1.10. The number of hydrogen-bond donors (Lipinski definition) is 2. The van der Waals surface area contributed by atoms with Crippen LogP contribution in [-0.2, 0) is 13.1 Å². The first-order valence-electron chi connectivity index (χ1n) is 5.81. The van der Waals surface area contributed by atoms with E-state index in [4.69, 9.17) is 0 Å². The number of H-pyrrole nitrogens is 1. The molecule has 0 bridgehead atoms. The first-order valence-corrected chi connectivity index (χ1v) is 7.48. The van der Waals surface area contributed by atoms with E-state index in [1.807, 2.05) is 6.20 Å². The van der Waals surface area contributed by atoms with Crippen LogP contribution >= 0.6 is 27.3 Å². The van der Waals surface area contributed by atoms with E-state index in [-0.39, 0.29) is 0 Å². The van der Waals surface area contributed by atoms with Gasteiger partial charge in [0.25, 0.3) is 0 Å². The SMILES string of the molecule is Brc1csc(CNCc2ccc3[nH]ccc3c2)c1. The zero-order chi connectivity index (χ0) is 12.4. The van der Waals surface area contributed by atoms with Crippen molar-refractivity contribution in [2.24, 2.45) is 0 Å². The fraction of sp³-hybridized carbons (Fsp3) is 0.143. The Bertz CT molecular complexity index is 656. The molecule has 18 heavy (non-hydrogen) atoms. The summed E-state index contributed by atoms with van der Waals surface area (Å²) < 4.78 is 1.16. The predicted molar refractivity (Wildman–Crippen MR) is 80.9 cm³/mol. The second kappa shape index (κ2) is 5.26. The Labute approximate surface area is 118 Å². The normalized spacial score (nSPS) is 11.2. The number of nitrogens with one attached hydrogen (secondary N) is 2. The van der Waals surface area contributed by atoms with Crippen LogP contribution in [0.5, 0.6) is 0 Å². The van der Waals surface area contributed by atoms with Crippen molar-refractivity contribution >= 4 is 38.2 Å². The van der Waals surface area contributed by atoms with Crippen LogP contribution in [0.15, 0.2) is 46.4 Å². The number of aromatic amines is 1. The molecular formula is C14H13BrN2S. The average Bonchev–Trinajstić information content (AvgIpc) is 2.97. The van der Waals surface area contributed by atoms with Crippen molar-refractivity contribution in [3.63, 3.8) is 0 Å². The Morgan fingerprint density at radius 1 is 1.17 bits per heavy atom. The van der Waals surface area contributed by atoms with Crippen LogP contribution in [0.4, 0.5) is 0 Å². The lowest BCUT2D eigenvalue weighted by atomic mass is 10.1. The number of aromatic nitrogens is 1. The third-order valence-electron chi connectivity index (χ3n) is 2.87. The van der Waals surface area contributed by atoms with E-state index in [0.717, 1.165) is 17.6 Å². The molecule has 0 aliphatic rings. The number of benzene rings is 1.